The van der Waals surface area contributed by atoms with Crippen LogP contribution >= 0.6 is 11.3 Å². The number of nitrogens with zero attached hydrogens (tertiary/aromatic N) is 3. The van der Waals surface area contributed by atoms with Crippen molar-refractivity contribution in [2.45, 2.75) is 46.1 Å². The Morgan fingerprint density at radius 2 is 2.03 bits per heavy atom. The van der Waals surface area contributed by atoms with Crippen LogP contribution in [0, 0.1) is 12.8 Å². The number of methoxy groups -OCH3 is 1. The van der Waals surface area contributed by atoms with Gasteiger partial charge in [0, 0.05) is 35.2 Å². The number of rotatable bonds is 9. The summed E-state index contributed by atoms with van der Waals surface area (Å²) in [5.74, 6) is -0.324. The van der Waals surface area contributed by atoms with E-state index < -0.39 is 12.2 Å². The van der Waals surface area contributed by atoms with Crippen molar-refractivity contribution >= 4 is 45.6 Å². The molecule has 0 bridgehead atoms. The summed E-state index contributed by atoms with van der Waals surface area (Å²) in [5.41, 5.74) is 4.67. The molecule has 4 aromatic rings. The molecular weight excluding hydrogens is 486 g/mol. The Kier molecular flexibility index (Phi) is 6.67. The molecule has 1 aliphatic rings. The maximum Gasteiger partial charge on any atom is 0.295 e. The molecule has 0 atom stereocenters. The van der Waals surface area contributed by atoms with Gasteiger partial charge in [0.1, 0.15) is 16.3 Å². The average Bonchev–Trinajstić information content (AvgIpc) is 3.52. The van der Waals surface area contributed by atoms with E-state index in [2.05, 4.69) is 31.7 Å². The average molecular weight is 513 g/mol. The van der Waals surface area contributed by atoms with E-state index in [-0.39, 0.29) is 28.8 Å². The van der Waals surface area contributed by atoms with E-state index in [0.29, 0.717) is 12.3 Å². The van der Waals surface area contributed by atoms with E-state index >= 15 is 0 Å². The summed E-state index contributed by atoms with van der Waals surface area (Å²) < 4.78 is 32.0. The number of amides is 1. The van der Waals surface area contributed by atoms with Crippen LogP contribution in [0.4, 0.5) is 26.0 Å². The van der Waals surface area contributed by atoms with Gasteiger partial charge in [0.2, 0.25) is 5.91 Å². The van der Waals surface area contributed by atoms with E-state index in [1.54, 1.807) is 24.5 Å². The summed E-state index contributed by atoms with van der Waals surface area (Å²) in [7, 11) is 1.65. The number of nitrogens with one attached hydrogen (secondary N) is 3. The highest BCUT2D eigenvalue weighted by Crippen LogP contribution is 2.35. The molecule has 1 saturated carbocycles. The van der Waals surface area contributed by atoms with Crippen molar-refractivity contribution in [2.24, 2.45) is 5.92 Å². The first-order valence-electron chi connectivity index (χ1n) is 11.7. The summed E-state index contributed by atoms with van der Waals surface area (Å²) in [6.07, 6.45) is -0.354. The Morgan fingerprint density at radius 1 is 1.22 bits per heavy atom. The summed E-state index contributed by atoms with van der Waals surface area (Å²) in [6, 6.07) is 7.61. The molecule has 5 rings (SSSR count). The van der Waals surface area contributed by atoms with Crippen molar-refractivity contribution < 1.29 is 18.3 Å². The highest BCUT2D eigenvalue weighted by molar-refractivity contribution is 7.15. The number of anilines is 3. The maximum absolute atomic E-state index is 13.4. The summed E-state index contributed by atoms with van der Waals surface area (Å²) in [6.45, 7) is 4.53. The number of aromatic nitrogens is 4. The molecule has 188 valence electrons. The quantitative estimate of drug-likeness (QED) is 0.249. The van der Waals surface area contributed by atoms with Gasteiger partial charge in [0.05, 0.1) is 18.0 Å². The van der Waals surface area contributed by atoms with Crippen LogP contribution in [-0.4, -0.2) is 33.0 Å². The smallest absolute Gasteiger partial charge is 0.295 e. The van der Waals surface area contributed by atoms with E-state index in [1.807, 2.05) is 26.0 Å². The van der Waals surface area contributed by atoms with E-state index in [9.17, 15) is 13.6 Å². The lowest BCUT2D eigenvalue weighted by atomic mass is 10.1. The second kappa shape index (κ2) is 9.90. The summed E-state index contributed by atoms with van der Waals surface area (Å²) >= 11 is 1.61. The molecular formula is C25H26F2N6O2S. The van der Waals surface area contributed by atoms with E-state index in [0.717, 1.165) is 51.7 Å². The van der Waals surface area contributed by atoms with Crippen LogP contribution in [-0.2, 0) is 22.6 Å². The van der Waals surface area contributed by atoms with Crippen molar-refractivity contribution in [3.8, 4) is 10.6 Å². The largest absolute Gasteiger partial charge is 0.378 e. The number of H-pyrrole nitrogens is 1. The Labute approximate surface area is 210 Å². The number of hydrogen-bond acceptors (Lipinski definition) is 7. The Balaban J connectivity index is 1.50. The number of ether oxygens (including phenoxy) is 1. The third-order valence-corrected chi connectivity index (χ3v) is 7.12. The first kappa shape index (κ1) is 24.3. The second-order valence-corrected chi connectivity index (χ2v) is 9.95. The molecule has 3 aromatic heterocycles. The number of hydrogen-bond donors (Lipinski definition) is 3. The fourth-order valence-electron chi connectivity index (χ4n) is 3.95. The highest BCUT2D eigenvalue weighted by Gasteiger charge is 2.30. The van der Waals surface area contributed by atoms with Crippen LogP contribution in [0.3, 0.4) is 0 Å². The van der Waals surface area contributed by atoms with Crippen LogP contribution in [0.1, 0.15) is 48.1 Å². The van der Waals surface area contributed by atoms with Crippen molar-refractivity contribution in [1.82, 2.24) is 19.9 Å². The SMILES string of the molecule is CCc1cc(-c2nc(COC)c(C)s2)ccc1Nc1cc(NC(=O)C2CC2)nc2[nH]c(C(F)F)nc12. The molecule has 1 aliphatic carbocycles. The molecule has 1 fully saturated rings. The molecule has 0 spiro atoms. The zero-order valence-corrected chi connectivity index (χ0v) is 20.9. The van der Waals surface area contributed by atoms with Crippen LogP contribution in [0.15, 0.2) is 24.3 Å². The molecule has 11 heteroatoms. The zero-order valence-electron chi connectivity index (χ0n) is 20.1. The predicted octanol–water partition coefficient (Wildman–Crippen LogP) is 6.13. The van der Waals surface area contributed by atoms with Gasteiger partial charge >= 0.3 is 0 Å². The number of pyridine rings is 1. The number of imidazole rings is 1. The molecule has 8 nitrogen and oxygen atoms in total. The summed E-state index contributed by atoms with van der Waals surface area (Å²) in [5, 5.41) is 7.04. The number of halogens is 2. The molecule has 0 saturated heterocycles. The van der Waals surface area contributed by atoms with Crippen molar-refractivity contribution in [1.29, 1.82) is 0 Å². The molecule has 36 heavy (non-hydrogen) atoms. The fraction of sp³-hybridized carbons (Fsp3) is 0.360. The van der Waals surface area contributed by atoms with Crippen LogP contribution in [0.5, 0.6) is 0 Å². The van der Waals surface area contributed by atoms with E-state index in [1.165, 1.54) is 0 Å². The molecule has 3 heterocycles. The van der Waals surface area contributed by atoms with Crippen LogP contribution in [0.2, 0.25) is 0 Å². The van der Waals surface area contributed by atoms with Gasteiger partial charge in [-0.1, -0.05) is 6.92 Å². The zero-order chi connectivity index (χ0) is 25.4. The standard InChI is InChI=1S/C25H26F2N6O2S/c1-4-13-9-15(25-29-18(11-35-3)12(2)36-25)7-8-16(13)28-17-10-19(31-24(34)14-5-6-14)30-22-20(17)32-23(33-22)21(26)27/h7-10,14,21H,4-6,11H2,1-3H3,(H3,28,30,31,32,33,34). The topological polar surface area (TPSA) is 105 Å². The minimum absolute atomic E-state index is 0.0181. The molecule has 0 aliphatic heterocycles. The number of carbonyl (C=O) groups excluding carboxylic acids is 1. The first-order valence-corrected chi connectivity index (χ1v) is 12.5. The van der Waals surface area contributed by atoms with Gasteiger partial charge in [0.15, 0.2) is 11.5 Å². The predicted molar refractivity (Wildman–Crippen MR) is 136 cm³/mol. The second-order valence-electron chi connectivity index (χ2n) is 8.74. The van der Waals surface area contributed by atoms with E-state index in [4.69, 9.17) is 9.72 Å². The monoisotopic (exact) mass is 512 g/mol. The van der Waals surface area contributed by atoms with Gasteiger partial charge in [-0.3, -0.25) is 4.79 Å². The Bertz CT molecular complexity index is 1430. The van der Waals surface area contributed by atoms with Gasteiger partial charge in [-0.2, -0.15) is 0 Å². The third kappa shape index (κ3) is 4.93. The maximum atomic E-state index is 13.4. The number of benzene rings is 1. The first-order chi connectivity index (χ1) is 17.4. The lowest BCUT2D eigenvalue weighted by Gasteiger charge is -2.14. The van der Waals surface area contributed by atoms with Gasteiger partial charge in [-0.25, -0.2) is 23.7 Å². The molecule has 1 amide bonds. The lowest BCUT2D eigenvalue weighted by molar-refractivity contribution is -0.117. The number of thiazole rings is 1. The number of aromatic amines is 1. The van der Waals surface area contributed by atoms with Crippen molar-refractivity contribution in [3.63, 3.8) is 0 Å². The number of carbonyl (C=O) groups is 1. The summed E-state index contributed by atoms with van der Waals surface area (Å²) in [4.78, 5) is 29.1. The minimum atomic E-state index is -2.77. The number of aryl methyl sites for hydroxylation is 2. The van der Waals surface area contributed by atoms with Gasteiger partial charge in [0.25, 0.3) is 6.43 Å². The highest BCUT2D eigenvalue weighted by atomic mass is 32.1. The number of alkyl halides is 2. The third-order valence-electron chi connectivity index (χ3n) is 6.05. The molecule has 1 aromatic carbocycles. The van der Waals surface area contributed by atoms with Crippen LogP contribution in [0.25, 0.3) is 21.7 Å². The van der Waals surface area contributed by atoms with Crippen molar-refractivity contribution in [3.05, 3.63) is 46.2 Å². The normalized spacial score (nSPS) is 13.5. The van der Waals surface area contributed by atoms with Gasteiger partial charge in [-0.15, -0.1) is 11.3 Å². The van der Waals surface area contributed by atoms with Gasteiger partial charge < -0.3 is 20.4 Å². The minimum Gasteiger partial charge on any atom is -0.378 e. The molecule has 0 unspecified atom stereocenters. The lowest BCUT2D eigenvalue weighted by Crippen LogP contribution is -2.14. The molecule has 3 N–H and O–H groups in total. The fourth-order valence-corrected chi connectivity index (χ4v) is 4.87. The van der Waals surface area contributed by atoms with Crippen molar-refractivity contribution in [2.75, 3.05) is 17.7 Å². The molecule has 0 radical (unpaired) electrons. The number of fused-ring (bicyclic) bond motifs is 1. The Hall–Kier alpha value is -3.44. The van der Waals surface area contributed by atoms with Crippen LogP contribution < -0.4 is 10.6 Å². The Morgan fingerprint density at radius 3 is 2.72 bits per heavy atom. The van der Waals surface area contributed by atoms with Gasteiger partial charge in [-0.05, 0) is 49.9 Å².